The molecular weight excluding hydrogens is 265 g/mol. The van der Waals surface area contributed by atoms with Gasteiger partial charge in [0.25, 0.3) is 0 Å². The van der Waals surface area contributed by atoms with Gasteiger partial charge in [0.15, 0.2) is 0 Å². The van der Waals surface area contributed by atoms with Crippen LogP contribution in [0.15, 0.2) is 24.3 Å². The fourth-order valence-corrected chi connectivity index (χ4v) is 1.85. The van der Waals surface area contributed by atoms with E-state index in [4.69, 9.17) is 14.2 Å². The summed E-state index contributed by atoms with van der Waals surface area (Å²) in [5.74, 6) is 0.226. The molecule has 2 rings (SSSR count). The van der Waals surface area contributed by atoms with Gasteiger partial charge in [-0.3, -0.25) is 0 Å². The van der Waals surface area contributed by atoms with Gasteiger partial charge in [0.1, 0.15) is 24.3 Å². The van der Waals surface area contributed by atoms with Crippen LogP contribution < -0.4 is 10.1 Å². The van der Waals surface area contributed by atoms with E-state index in [1.54, 1.807) is 0 Å². The van der Waals surface area contributed by atoms with E-state index in [0.29, 0.717) is 38.7 Å². The van der Waals surface area contributed by atoms with Gasteiger partial charge in [-0.15, -0.1) is 0 Å². The topological polar surface area (TPSA) is 60.0 Å². The zero-order valence-electron chi connectivity index (χ0n) is 11.3. The van der Waals surface area contributed by atoms with Gasteiger partial charge in [0.05, 0.1) is 25.9 Å². The Kier molecular flexibility index (Phi) is 6.20. The number of ether oxygens (including phenoxy) is 3. The quantitative estimate of drug-likeness (QED) is 0.767. The van der Waals surface area contributed by atoms with E-state index in [0.717, 1.165) is 0 Å². The van der Waals surface area contributed by atoms with Crippen molar-refractivity contribution >= 4 is 0 Å². The summed E-state index contributed by atoms with van der Waals surface area (Å²) in [6, 6.07) is 5.70. The zero-order chi connectivity index (χ0) is 14.2. The predicted octanol–water partition coefficient (Wildman–Crippen LogP) is 0.570. The lowest BCUT2D eigenvalue weighted by Crippen LogP contribution is -2.41. The molecule has 2 unspecified atom stereocenters. The number of benzene rings is 1. The number of aliphatic hydroxyl groups excluding tert-OH is 1. The van der Waals surface area contributed by atoms with Crippen LogP contribution in [0.1, 0.15) is 0 Å². The summed E-state index contributed by atoms with van der Waals surface area (Å²) in [7, 11) is 0. The highest BCUT2D eigenvalue weighted by Crippen LogP contribution is 2.11. The van der Waals surface area contributed by atoms with E-state index in [1.165, 1.54) is 24.3 Å². The average Bonchev–Trinajstić information content (AvgIpc) is 2.48. The molecule has 5 nitrogen and oxygen atoms in total. The van der Waals surface area contributed by atoms with Crippen LogP contribution in [0.4, 0.5) is 4.39 Å². The highest BCUT2D eigenvalue weighted by Gasteiger charge is 2.14. The van der Waals surface area contributed by atoms with Crippen molar-refractivity contribution in [1.82, 2.24) is 5.32 Å². The largest absolute Gasteiger partial charge is 0.491 e. The molecule has 1 fully saturated rings. The molecule has 1 heterocycles. The maximum atomic E-state index is 12.7. The van der Waals surface area contributed by atoms with Crippen molar-refractivity contribution < 1.29 is 23.7 Å². The normalized spacial score (nSPS) is 20.6. The Balaban J connectivity index is 1.57. The SMILES string of the molecule is OC(CNCC1COCCO1)COc1ccc(F)cc1. The maximum absolute atomic E-state index is 12.7. The first-order valence-corrected chi connectivity index (χ1v) is 6.70. The molecule has 0 spiro atoms. The van der Waals surface area contributed by atoms with E-state index in [9.17, 15) is 9.50 Å². The van der Waals surface area contributed by atoms with E-state index in [2.05, 4.69) is 5.32 Å². The van der Waals surface area contributed by atoms with Gasteiger partial charge < -0.3 is 24.6 Å². The van der Waals surface area contributed by atoms with Crippen LogP contribution >= 0.6 is 0 Å². The van der Waals surface area contributed by atoms with E-state index in [-0.39, 0.29) is 18.5 Å². The third kappa shape index (κ3) is 5.42. The number of hydrogen-bond donors (Lipinski definition) is 2. The summed E-state index contributed by atoms with van der Waals surface area (Å²) in [5.41, 5.74) is 0. The number of nitrogens with one attached hydrogen (secondary N) is 1. The summed E-state index contributed by atoms with van der Waals surface area (Å²) in [6.45, 7) is 3.03. The van der Waals surface area contributed by atoms with Crippen LogP contribution in [0.5, 0.6) is 5.75 Å². The minimum atomic E-state index is -0.635. The van der Waals surface area contributed by atoms with Crippen molar-refractivity contribution in [3.05, 3.63) is 30.1 Å². The summed E-state index contributed by atoms with van der Waals surface area (Å²) in [5, 5.41) is 12.9. The first-order chi connectivity index (χ1) is 9.74. The highest BCUT2D eigenvalue weighted by molar-refractivity contribution is 5.22. The van der Waals surface area contributed by atoms with Gasteiger partial charge in [-0.05, 0) is 24.3 Å². The van der Waals surface area contributed by atoms with Crippen LogP contribution in [0.2, 0.25) is 0 Å². The first kappa shape index (κ1) is 15.2. The minimum Gasteiger partial charge on any atom is -0.491 e. The summed E-state index contributed by atoms with van der Waals surface area (Å²) in [4.78, 5) is 0. The van der Waals surface area contributed by atoms with Crippen molar-refractivity contribution in [2.75, 3.05) is 39.5 Å². The molecule has 0 bridgehead atoms. The maximum Gasteiger partial charge on any atom is 0.123 e. The summed E-state index contributed by atoms with van der Waals surface area (Å²) >= 11 is 0. The minimum absolute atomic E-state index is 0.0361. The summed E-state index contributed by atoms with van der Waals surface area (Å²) in [6.07, 6.45) is -0.599. The number of halogens is 1. The molecule has 1 aliphatic heterocycles. The smallest absolute Gasteiger partial charge is 0.123 e. The lowest BCUT2D eigenvalue weighted by Gasteiger charge is -2.23. The standard InChI is InChI=1S/C14H20FNO4/c15-11-1-3-13(4-2-11)20-9-12(17)7-16-8-14-10-18-5-6-19-14/h1-4,12,14,16-17H,5-10H2. The Hall–Kier alpha value is -1.21. The van der Waals surface area contributed by atoms with Crippen molar-refractivity contribution in [1.29, 1.82) is 0 Å². The van der Waals surface area contributed by atoms with Crippen LogP contribution in [-0.2, 0) is 9.47 Å². The Morgan fingerprint density at radius 1 is 1.35 bits per heavy atom. The molecule has 1 saturated heterocycles. The highest BCUT2D eigenvalue weighted by atomic mass is 19.1. The fourth-order valence-electron chi connectivity index (χ4n) is 1.85. The third-order valence-electron chi connectivity index (χ3n) is 2.89. The second kappa shape index (κ2) is 8.16. The fraction of sp³-hybridized carbons (Fsp3) is 0.571. The molecule has 0 radical (unpaired) electrons. The lowest BCUT2D eigenvalue weighted by molar-refractivity contribution is -0.0869. The van der Waals surface area contributed by atoms with Crippen LogP contribution in [0, 0.1) is 5.82 Å². The molecule has 6 heteroatoms. The van der Waals surface area contributed by atoms with Gasteiger partial charge in [-0.2, -0.15) is 0 Å². The number of rotatable bonds is 7. The Morgan fingerprint density at radius 2 is 2.15 bits per heavy atom. The molecule has 0 amide bonds. The molecule has 112 valence electrons. The van der Waals surface area contributed by atoms with E-state index >= 15 is 0 Å². The monoisotopic (exact) mass is 285 g/mol. The molecule has 1 aromatic carbocycles. The molecular formula is C14H20FNO4. The van der Waals surface area contributed by atoms with Gasteiger partial charge in [0, 0.05) is 13.1 Å². The molecule has 20 heavy (non-hydrogen) atoms. The molecule has 2 atom stereocenters. The van der Waals surface area contributed by atoms with E-state index in [1.807, 2.05) is 0 Å². The van der Waals surface area contributed by atoms with Gasteiger partial charge >= 0.3 is 0 Å². The Labute approximate surface area is 117 Å². The predicted molar refractivity (Wildman–Crippen MR) is 71.3 cm³/mol. The van der Waals surface area contributed by atoms with Gasteiger partial charge in [-0.25, -0.2) is 4.39 Å². The first-order valence-electron chi connectivity index (χ1n) is 6.70. The van der Waals surface area contributed by atoms with Crippen LogP contribution in [0.25, 0.3) is 0 Å². The number of hydrogen-bond acceptors (Lipinski definition) is 5. The Bertz CT molecular complexity index is 381. The second-order valence-corrected chi connectivity index (χ2v) is 4.64. The van der Waals surface area contributed by atoms with Crippen LogP contribution in [-0.4, -0.2) is 56.8 Å². The zero-order valence-corrected chi connectivity index (χ0v) is 11.3. The Morgan fingerprint density at radius 3 is 2.85 bits per heavy atom. The molecule has 1 aliphatic rings. The molecule has 2 N–H and O–H groups in total. The second-order valence-electron chi connectivity index (χ2n) is 4.64. The molecule has 0 aromatic heterocycles. The average molecular weight is 285 g/mol. The van der Waals surface area contributed by atoms with Gasteiger partial charge in [0.2, 0.25) is 0 Å². The lowest BCUT2D eigenvalue weighted by atomic mass is 10.3. The molecule has 0 aliphatic carbocycles. The third-order valence-corrected chi connectivity index (χ3v) is 2.89. The van der Waals surface area contributed by atoms with E-state index < -0.39 is 6.10 Å². The van der Waals surface area contributed by atoms with Crippen LogP contribution in [0.3, 0.4) is 0 Å². The summed E-state index contributed by atoms with van der Waals surface area (Å²) < 4.78 is 28.8. The molecule has 0 saturated carbocycles. The van der Waals surface area contributed by atoms with Crippen molar-refractivity contribution in [3.8, 4) is 5.75 Å². The van der Waals surface area contributed by atoms with Crippen molar-refractivity contribution in [3.63, 3.8) is 0 Å². The number of aliphatic hydroxyl groups is 1. The van der Waals surface area contributed by atoms with Gasteiger partial charge in [-0.1, -0.05) is 0 Å². The molecule has 1 aromatic rings. The van der Waals surface area contributed by atoms with Crippen molar-refractivity contribution in [2.45, 2.75) is 12.2 Å². The van der Waals surface area contributed by atoms with Crippen molar-refractivity contribution in [2.24, 2.45) is 0 Å².